The third kappa shape index (κ3) is 7.53. The first-order chi connectivity index (χ1) is 11.3. The zero-order valence-corrected chi connectivity index (χ0v) is 15.0. The van der Waals surface area contributed by atoms with Crippen LogP contribution in [0.15, 0.2) is 4.99 Å². The van der Waals surface area contributed by atoms with Crippen LogP contribution in [-0.2, 0) is 9.47 Å². The molecule has 0 bridgehead atoms. The van der Waals surface area contributed by atoms with Crippen LogP contribution < -0.4 is 10.6 Å². The maximum Gasteiger partial charge on any atom is 0.191 e. The second-order valence-corrected chi connectivity index (χ2v) is 6.77. The Labute approximate surface area is 141 Å². The van der Waals surface area contributed by atoms with Crippen LogP contribution in [0.1, 0.15) is 51.9 Å². The largest absolute Gasteiger partial charge is 0.379 e. The molecule has 0 radical (unpaired) electrons. The van der Waals surface area contributed by atoms with Crippen LogP contribution in [0.25, 0.3) is 0 Å². The molecule has 1 unspecified atom stereocenters. The molecule has 1 atom stereocenters. The summed E-state index contributed by atoms with van der Waals surface area (Å²) < 4.78 is 11.6. The summed E-state index contributed by atoms with van der Waals surface area (Å²) in [5.41, 5.74) is 0. The Balaban J connectivity index is 1.55. The van der Waals surface area contributed by atoms with Crippen LogP contribution in [0.2, 0.25) is 0 Å². The molecule has 2 N–H and O–H groups in total. The van der Waals surface area contributed by atoms with Crippen molar-refractivity contribution in [1.82, 2.24) is 10.6 Å². The fraction of sp³-hybridized carbons (Fsp3) is 0.944. The van der Waals surface area contributed by atoms with E-state index >= 15 is 0 Å². The smallest absolute Gasteiger partial charge is 0.191 e. The molecule has 2 saturated carbocycles. The molecular formula is C18H35N3O2. The molecule has 2 rings (SSSR count). The van der Waals surface area contributed by atoms with E-state index in [-0.39, 0.29) is 0 Å². The van der Waals surface area contributed by atoms with E-state index in [2.05, 4.69) is 22.5 Å². The van der Waals surface area contributed by atoms with Crippen molar-refractivity contribution >= 4 is 5.96 Å². The second-order valence-electron chi connectivity index (χ2n) is 6.77. The van der Waals surface area contributed by atoms with Crippen LogP contribution in [0.4, 0.5) is 0 Å². The summed E-state index contributed by atoms with van der Waals surface area (Å²) in [6, 6.07) is 0. The van der Waals surface area contributed by atoms with Crippen molar-refractivity contribution in [2.45, 2.75) is 58.0 Å². The minimum atomic E-state index is 0.398. The molecule has 23 heavy (non-hydrogen) atoms. The third-order valence-corrected chi connectivity index (χ3v) is 4.84. The van der Waals surface area contributed by atoms with Gasteiger partial charge in [0.1, 0.15) is 0 Å². The van der Waals surface area contributed by atoms with Gasteiger partial charge in [-0.15, -0.1) is 0 Å². The lowest BCUT2D eigenvalue weighted by Crippen LogP contribution is -2.40. The van der Waals surface area contributed by atoms with Crippen LogP contribution in [0, 0.1) is 11.8 Å². The molecule has 2 fully saturated rings. The molecule has 0 aliphatic heterocycles. The Kier molecular flexibility index (Phi) is 8.76. The minimum Gasteiger partial charge on any atom is -0.379 e. The van der Waals surface area contributed by atoms with Crippen molar-refractivity contribution in [1.29, 1.82) is 0 Å². The van der Waals surface area contributed by atoms with Crippen molar-refractivity contribution < 1.29 is 9.47 Å². The van der Waals surface area contributed by atoms with Gasteiger partial charge in [0.05, 0.1) is 12.7 Å². The molecule has 5 nitrogen and oxygen atoms in total. The van der Waals surface area contributed by atoms with Gasteiger partial charge in [-0.25, -0.2) is 0 Å². The average molecular weight is 325 g/mol. The molecule has 0 saturated heterocycles. The highest BCUT2D eigenvalue weighted by Crippen LogP contribution is 2.30. The Bertz CT molecular complexity index is 339. The highest BCUT2D eigenvalue weighted by Gasteiger charge is 2.25. The zero-order valence-electron chi connectivity index (χ0n) is 15.0. The summed E-state index contributed by atoms with van der Waals surface area (Å²) in [6.45, 7) is 6.30. The summed E-state index contributed by atoms with van der Waals surface area (Å²) in [5, 5.41) is 6.71. The van der Waals surface area contributed by atoms with Crippen LogP contribution in [0.3, 0.4) is 0 Å². The Morgan fingerprint density at radius 2 is 1.87 bits per heavy atom. The summed E-state index contributed by atoms with van der Waals surface area (Å²) in [7, 11) is 1.82. The standard InChI is InChI=1S/C18H35N3O2/c1-3-23-17(16-6-4-5-7-16)10-11-20-18(19-2)21-12-13-22-14-15-8-9-15/h15-17H,3-14H2,1-2H3,(H2,19,20,21). The molecule has 0 heterocycles. The van der Waals surface area contributed by atoms with Gasteiger partial charge < -0.3 is 20.1 Å². The number of nitrogens with one attached hydrogen (secondary N) is 2. The number of rotatable bonds is 11. The molecule has 0 aromatic rings. The maximum atomic E-state index is 5.96. The SMILES string of the molecule is CCOC(CCNC(=NC)NCCOCC1CC1)C1CCCC1. The topological polar surface area (TPSA) is 54.9 Å². The van der Waals surface area contributed by atoms with E-state index in [4.69, 9.17) is 9.47 Å². The van der Waals surface area contributed by atoms with Gasteiger partial charge in [-0.2, -0.15) is 0 Å². The number of aliphatic imine (C=N–C) groups is 1. The lowest BCUT2D eigenvalue weighted by atomic mass is 9.98. The average Bonchev–Trinajstić information content (AvgIpc) is 3.22. The van der Waals surface area contributed by atoms with Gasteiger partial charge in [0.15, 0.2) is 5.96 Å². The molecule has 2 aliphatic carbocycles. The fourth-order valence-electron chi connectivity index (χ4n) is 3.33. The minimum absolute atomic E-state index is 0.398. The first-order valence-electron chi connectivity index (χ1n) is 9.47. The van der Waals surface area contributed by atoms with Crippen molar-refractivity contribution in [3.63, 3.8) is 0 Å². The zero-order chi connectivity index (χ0) is 16.3. The van der Waals surface area contributed by atoms with Crippen LogP contribution in [-0.4, -0.2) is 52.0 Å². The Hall–Kier alpha value is -0.810. The van der Waals surface area contributed by atoms with E-state index in [1.54, 1.807) is 0 Å². The number of ether oxygens (including phenoxy) is 2. The van der Waals surface area contributed by atoms with Gasteiger partial charge in [0.25, 0.3) is 0 Å². The highest BCUT2D eigenvalue weighted by molar-refractivity contribution is 5.79. The fourth-order valence-corrected chi connectivity index (χ4v) is 3.33. The molecule has 2 aliphatic rings. The van der Waals surface area contributed by atoms with Gasteiger partial charge in [-0.05, 0) is 50.9 Å². The second kappa shape index (κ2) is 10.9. The summed E-state index contributed by atoms with van der Waals surface area (Å²) in [5.74, 6) is 2.45. The summed E-state index contributed by atoms with van der Waals surface area (Å²) >= 11 is 0. The number of hydrogen-bond donors (Lipinski definition) is 2. The molecular weight excluding hydrogens is 290 g/mol. The molecule has 0 aromatic carbocycles. The van der Waals surface area contributed by atoms with E-state index < -0.39 is 0 Å². The van der Waals surface area contributed by atoms with Gasteiger partial charge in [-0.3, -0.25) is 4.99 Å². The van der Waals surface area contributed by atoms with Gasteiger partial charge in [0.2, 0.25) is 0 Å². The lowest BCUT2D eigenvalue weighted by Gasteiger charge is -2.24. The first kappa shape index (κ1) is 18.5. The molecule has 0 aromatic heterocycles. The number of nitrogens with zero attached hydrogens (tertiary/aromatic N) is 1. The molecule has 5 heteroatoms. The monoisotopic (exact) mass is 325 g/mol. The maximum absolute atomic E-state index is 5.96. The quantitative estimate of drug-likeness (QED) is 0.348. The first-order valence-corrected chi connectivity index (χ1v) is 9.47. The van der Waals surface area contributed by atoms with E-state index in [1.165, 1.54) is 38.5 Å². The lowest BCUT2D eigenvalue weighted by molar-refractivity contribution is 0.0169. The van der Waals surface area contributed by atoms with E-state index in [0.717, 1.165) is 57.1 Å². The Morgan fingerprint density at radius 1 is 1.13 bits per heavy atom. The molecule has 0 amide bonds. The predicted octanol–water partition coefficient (Wildman–Crippen LogP) is 2.56. The van der Waals surface area contributed by atoms with E-state index in [0.29, 0.717) is 6.10 Å². The highest BCUT2D eigenvalue weighted by atomic mass is 16.5. The summed E-state index contributed by atoms with van der Waals surface area (Å²) in [6.07, 6.45) is 9.54. The number of hydrogen-bond acceptors (Lipinski definition) is 3. The molecule has 0 spiro atoms. The van der Waals surface area contributed by atoms with Crippen LogP contribution in [0.5, 0.6) is 0 Å². The summed E-state index contributed by atoms with van der Waals surface area (Å²) in [4.78, 5) is 4.27. The normalized spacial score (nSPS) is 20.7. The van der Waals surface area contributed by atoms with E-state index in [9.17, 15) is 0 Å². The third-order valence-electron chi connectivity index (χ3n) is 4.84. The van der Waals surface area contributed by atoms with Crippen molar-refractivity contribution in [2.75, 3.05) is 40.0 Å². The van der Waals surface area contributed by atoms with Crippen LogP contribution >= 0.6 is 0 Å². The van der Waals surface area contributed by atoms with Crippen molar-refractivity contribution in [3.05, 3.63) is 0 Å². The Morgan fingerprint density at radius 3 is 2.52 bits per heavy atom. The van der Waals surface area contributed by atoms with Crippen molar-refractivity contribution in [3.8, 4) is 0 Å². The van der Waals surface area contributed by atoms with Gasteiger partial charge >= 0.3 is 0 Å². The van der Waals surface area contributed by atoms with Gasteiger partial charge in [-0.1, -0.05) is 12.8 Å². The van der Waals surface area contributed by atoms with Crippen molar-refractivity contribution in [2.24, 2.45) is 16.8 Å². The predicted molar refractivity (Wildman–Crippen MR) is 94.9 cm³/mol. The number of guanidine groups is 1. The van der Waals surface area contributed by atoms with E-state index in [1.807, 2.05) is 7.05 Å². The molecule has 134 valence electrons. The van der Waals surface area contributed by atoms with Gasteiger partial charge in [0, 0.05) is 33.4 Å².